The molecule has 1 aromatic carbocycles. The second kappa shape index (κ2) is 15.6. The maximum atomic E-state index is 13.5. The molecule has 0 aromatic heterocycles. The molecule has 1 heteroatoms. The molecule has 0 radical (unpaired) electrons. The van der Waals surface area contributed by atoms with Crippen LogP contribution >= 0.6 is 0 Å². The van der Waals surface area contributed by atoms with Crippen molar-refractivity contribution in [3.8, 4) is 0 Å². The van der Waals surface area contributed by atoms with E-state index < -0.39 is 0 Å². The largest absolute Gasteiger partial charge is 0.299 e. The van der Waals surface area contributed by atoms with E-state index >= 15 is 0 Å². The number of carbonyl (C=O) groups excluding carboxylic acids is 1. The monoisotopic (exact) mass is 520 g/mol. The minimum absolute atomic E-state index is 0.365. The van der Waals surface area contributed by atoms with Gasteiger partial charge in [-0.25, -0.2) is 0 Å². The Morgan fingerprint density at radius 2 is 1.32 bits per heavy atom. The Morgan fingerprint density at radius 3 is 1.97 bits per heavy atom. The van der Waals surface area contributed by atoms with Crippen LogP contribution in [0.2, 0.25) is 0 Å². The Bertz CT molecular complexity index is 810. The van der Waals surface area contributed by atoms with Crippen molar-refractivity contribution >= 4 is 5.78 Å². The van der Waals surface area contributed by atoms with Gasteiger partial charge in [0.25, 0.3) is 0 Å². The van der Waals surface area contributed by atoms with Gasteiger partial charge in [-0.2, -0.15) is 0 Å². The maximum absolute atomic E-state index is 13.5. The molecule has 0 amide bonds. The first kappa shape index (κ1) is 29.9. The Kier molecular flexibility index (Phi) is 12.3. The number of hydrogen-bond donors (Lipinski definition) is 0. The molecule has 0 N–H and O–H groups in total. The summed E-state index contributed by atoms with van der Waals surface area (Å²) in [6.45, 7) is 7.07. The van der Waals surface area contributed by atoms with E-state index in [1.54, 1.807) is 5.56 Å². The van der Waals surface area contributed by atoms with Crippen LogP contribution < -0.4 is 0 Å². The Morgan fingerprint density at radius 1 is 0.711 bits per heavy atom. The summed E-state index contributed by atoms with van der Waals surface area (Å²) < 4.78 is 0. The number of unbranched alkanes of at least 4 members (excludes halogenated alkanes) is 5. The fraction of sp³-hybridized carbons (Fsp3) is 0.811. The van der Waals surface area contributed by atoms with E-state index in [-0.39, 0.29) is 0 Å². The van der Waals surface area contributed by atoms with Crippen LogP contribution in [-0.4, -0.2) is 5.78 Å². The molecule has 1 nitrogen and oxygen atoms in total. The third kappa shape index (κ3) is 8.44. The third-order valence-electron chi connectivity index (χ3n) is 11.3. The molecule has 38 heavy (non-hydrogen) atoms. The molecule has 0 spiro atoms. The first-order valence-electron chi connectivity index (χ1n) is 17.2. The third-order valence-corrected chi connectivity index (χ3v) is 11.3. The summed E-state index contributed by atoms with van der Waals surface area (Å²) in [4.78, 5) is 13.5. The lowest BCUT2D eigenvalue weighted by molar-refractivity contribution is -0.127. The topological polar surface area (TPSA) is 17.1 Å². The van der Waals surface area contributed by atoms with Crippen molar-refractivity contribution in [2.45, 2.75) is 161 Å². The highest BCUT2D eigenvalue weighted by Crippen LogP contribution is 2.46. The van der Waals surface area contributed by atoms with E-state index in [1.165, 1.54) is 121 Å². The minimum Gasteiger partial charge on any atom is -0.299 e. The molecule has 0 saturated heterocycles. The Hall–Kier alpha value is -1.11. The molecule has 3 aliphatic rings. The highest BCUT2D eigenvalue weighted by atomic mass is 16.1. The van der Waals surface area contributed by atoms with Crippen molar-refractivity contribution in [3.05, 3.63) is 35.4 Å². The van der Waals surface area contributed by atoms with Gasteiger partial charge in [-0.3, -0.25) is 4.79 Å². The maximum Gasteiger partial charge on any atom is 0.136 e. The summed E-state index contributed by atoms with van der Waals surface area (Å²) >= 11 is 0. The van der Waals surface area contributed by atoms with E-state index in [0.717, 1.165) is 30.6 Å². The van der Waals surface area contributed by atoms with Crippen LogP contribution in [0, 0.1) is 29.6 Å². The summed E-state index contributed by atoms with van der Waals surface area (Å²) in [5.74, 6) is 5.59. The molecule has 0 aliphatic heterocycles. The zero-order chi connectivity index (χ0) is 26.7. The standard InChI is InChI=1S/C37H60O/c1-4-6-7-8-9-10-13-29-16-20-32(21-17-29)36-25-24-33(27-37(36)38)35-15-12-11-14-34(35)31-22-18-30(19-23-31)26-28(3)5-2/h11-12,14-15,28-33,36H,4-10,13,16-27H2,1-3H3. The Balaban J connectivity index is 1.23. The van der Waals surface area contributed by atoms with Gasteiger partial charge in [0.1, 0.15) is 5.78 Å². The van der Waals surface area contributed by atoms with Crippen LogP contribution in [0.1, 0.15) is 172 Å². The number of ketones is 1. The molecule has 0 bridgehead atoms. The van der Waals surface area contributed by atoms with Crippen LogP contribution in [0.4, 0.5) is 0 Å². The molecule has 4 rings (SSSR count). The van der Waals surface area contributed by atoms with Crippen molar-refractivity contribution in [3.63, 3.8) is 0 Å². The van der Waals surface area contributed by atoms with Crippen LogP contribution in [0.5, 0.6) is 0 Å². The van der Waals surface area contributed by atoms with Gasteiger partial charge >= 0.3 is 0 Å². The lowest BCUT2D eigenvalue weighted by atomic mass is 9.66. The number of hydrogen-bond acceptors (Lipinski definition) is 1. The lowest BCUT2D eigenvalue weighted by Gasteiger charge is -2.38. The van der Waals surface area contributed by atoms with Gasteiger partial charge < -0.3 is 0 Å². The second-order valence-corrected chi connectivity index (χ2v) is 14.0. The summed E-state index contributed by atoms with van der Waals surface area (Å²) in [6, 6.07) is 9.28. The van der Waals surface area contributed by atoms with Crippen LogP contribution in [-0.2, 0) is 4.79 Å². The van der Waals surface area contributed by atoms with Crippen molar-refractivity contribution in [2.24, 2.45) is 29.6 Å². The van der Waals surface area contributed by atoms with E-state index in [0.29, 0.717) is 29.5 Å². The molecule has 3 atom stereocenters. The predicted octanol–water partition coefficient (Wildman–Crippen LogP) is 11.4. The molecule has 1 aromatic rings. The number of Topliss-reactive ketones (excluding diaryl/α,β-unsaturated/α-hetero) is 1. The molecular weight excluding hydrogens is 460 g/mol. The fourth-order valence-electron chi connectivity index (χ4n) is 8.59. The summed E-state index contributed by atoms with van der Waals surface area (Å²) in [6.07, 6.45) is 26.8. The van der Waals surface area contributed by atoms with Gasteiger partial charge in [-0.1, -0.05) is 109 Å². The molecule has 214 valence electrons. The lowest BCUT2D eigenvalue weighted by Crippen LogP contribution is -2.32. The second-order valence-electron chi connectivity index (χ2n) is 14.0. The smallest absolute Gasteiger partial charge is 0.136 e. The fourth-order valence-corrected chi connectivity index (χ4v) is 8.59. The quantitative estimate of drug-likeness (QED) is 0.236. The number of rotatable bonds is 13. The van der Waals surface area contributed by atoms with Gasteiger partial charge in [0.05, 0.1) is 0 Å². The summed E-state index contributed by atoms with van der Waals surface area (Å²) in [7, 11) is 0. The molecule has 3 unspecified atom stereocenters. The zero-order valence-electron chi connectivity index (χ0n) is 25.4. The zero-order valence-corrected chi connectivity index (χ0v) is 25.4. The Labute approximate surface area is 236 Å². The van der Waals surface area contributed by atoms with Crippen molar-refractivity contribution in [1.29, 1.82) is 0 Å². The van der Waals surface area contributed by atoms with Gasteiger partial charge in [-0.05, 0) is 104 Å². The summed E-state index contributed by atoms with van der Waals surface area (Å²) in [5, 5.41) is 0. The van der Waals surface area contributed by atoms with Gasteiger partial charge in [-0.15, -0.1) is 0 Å². The molecule has 3 fully saturated rings. The molecule has 3 saturated carbocycles. The highest BCUT2D eigenvalue weighted by molar-refractivity contribution is 5.83. The first-order valence-corrected chi connectivity index (χ1v) is 17.2. The molecule has 0 heterocycles. The van der Waals surface area contributed by atoms with Crippen molar-refractivity contribution in [1.82, 2.24) is 0 Å². The first-order chi connectivity index (χ1) is 18.6. The van der Waals surface area contributed by atoms with Gasteiger partial charge in [0.15, 0.2) is 0 Å². The van der Waals surface area contributed by atoms with Gasteiger partial charge in [0.2, 0.25) is 0 Å². The highest BCUT2D eigenvalue weighted by Gasteiger charge is 2.37. The van der Waals surface area contributed by atoms with Crippen LogP contribution in [0.25, 0.3) is 0 Å². The van der Waals surface area contributed by atoms with E-state index in [9.17, 15) is 4.79 Å². The van der Waals surface area contributed by atoms with E-state index in [4.69, 9.17) is 0 Å². The summed E-state index contributed by atoms with van der Waals surface area (Å²) in [5.41, 5.74) is 3.13. The van der Waals surface area contributed by atoms with Crippen LogP contribution in [0.3, 0.4) is 0 Å². The SMILES string of the molecule is CCCCCCCCC1CCC(C2CCC(c3ccccc3C3CCC(CC(C)CC)CC3)CC2=O)CC1. The van der Waals surface area contributed by atoms with Gasteiger partial charge in [0, 0.05) is 12.3 Å². The molecular formula is C37H60O. The van der Waals surface area contributed by atoms with E-state index in [2.05, 4.69) is 45.0 Å². The average Bonchev–Trinajstić information content (AvgIpc) is 2.95. The van der Waals surface area contributed by atoms with E-state index in [1.807, 2.05) is 0 Å². The minimum atomic E-state index is 0.365. The van der Waals surface area contributed by atoms with Crippen molar-refractivity contribution in [2.75, 3.05) is 0 Å². The number of benzene rings is 1. The van der Waals surface area contributed by atoms with Crippen molar-refractivity contribution < 1.29 is 4.79 Å². The average molecular weight is 521 g/mol. The normalized spacial score (nSPS) is 31.3. The van der Waals surface area contributed by atoms with Crippen LogP contribution in [0.15, 0.2) is 24.3 Å². The number of carbonyl (C=O) groups is 1. The molecule has 3 aliphatic carbocycles. The predicted molar refractivity (Wildman–Crippen MR) is 164 cm³/mol.